The van der Waals surface area contributed by atoms with E-state index < -0.39 is 0 Å². The molecule has 9 heavy (non-hydrogen) atoms. The summed E-state index contributed by atoms with van der Waals surface area (Å²) in [6.45, 7) is 3.77. The van der Waals surface area contributed by atoms with Crippen LogP contribution in [0.4, 0.5) is 0 Å². The Morgan fingerprint density at radius 3 is 2.56 bits per heavy atom. The maximum atomic E-state index is 3.77. The Labute approximate surface area is 57.0 Å². The molecule has 0 aliphatic heterocycles. The molecule has 2 aliphatic rings. The van der Waals surface area contributed by atoms with Crippen LogP contribution in [0.3, 0.4) is 0 Å². The molecule has 2 saturated carbocycles. The average molecular weight is 122 g/mol. The third-order valence-corrected chi connectivity index (χ3v) is 3.02. The molecule has 0 amide bonds. The van der Waals surface area contributed by atoms with Gasteiger partial charge in [-0.05, 0) is 37.0 Å². The summed E-state index contributed by atoms with van der Waals surface area (Å²) in [6, 6.07) is 0. The highest BCUT2D eigenvalue weighted by atomic mass is 14.6. The standard InChI is InChI=1S/C9H14/c1-2-4-7-8-5-3-6-9(7)8/h2,7-9H,1,3-6H2/t7?,8-,9?/m1/s1. The summed E-state index contributed by atoms with van der Waals surface area (Å²) in [4.78, 5) is 0. The first-order valence-corrected chi connectivity index (χ1v) is 4.04. The molecule has 0 bridgehead atoms. The summed E-state index contributed by atoms with van der Waals surface area (Å²) in [7, 11) is 0. The van der Waals surface area contributed by atoms with E-state index in [4.69, 9.17) is 0 Å². The van der Waals surface area contributed by atoms with Crippen molar-refractivity contribution in [1.29, 1.82) is 0 Å². The zero-order chi connectivity index (χ0) is 6.27. The quantitative estimate of drug-likeness (QED) is 0.494. The molecule has 0 heteroatoms. The first-order valence-electron chi connectivity index (χ1n) is 4.04. The maximum Gasteiger partial charge on any atom is -0.0317 e. The number of rotatable bonds is 2. The minimum Gasteiger partial charge on any atom is -0.103 e. The first kappa shape index (κ1) is 5.52. The van der Waals surface area contributed by atoms with Gasteiger partial charge in [0.05, 0.1) is 0 Å². The Morgan fingerprint density at radius 1 is 1.33 bits per heavy atom. The van der Waals surface area contributed by atoms with Crippen LogP contribution in [0.25, 0.3) is 0 Å². The minimum absolute atomic E-state index is 1.07. The van der Waals surface area contributed by atoms with E-state index in [1.807, 2.05) is 0 Å². The molecule has 0 spiro atoms. The number of allylic oxidation sites excluding steroid dienone is 1. The zero-order valence-corrected chi connectivity index (χ0v) is 5.84. The van der Waals surface area contributed by atoms with Gasteiger partial charge in [-0.2, -0.15) is 0 Å². The van der Waals surface area contributed by atoms with Crippen molar-refractivity contribution >= 4 is 0 Å². The third-order valence-electron chi connectivity index (χ3n) is 3.02. The molecule has 0 aromatic carbocycles. The van der Waals surface area contributed by atoms with Gasteiger partial charge in [-0.25, -0.2) is 0 Å². The molecule has 2 rings (SSSR count). The summed E-state index contributed by atoms with van der Waals surface area (Å²) < 4.78 is 0. The molecule has 2 fully saturated rings. The monoisotopic (exact) mass is 122 g/mol. The smallest absolute Gasteiger partial charge is 0.0317 e. The molecule has 0 saturated heterocycles. The maximum absolute atomic E-state index is 3.77. The van der Waals surface area contributed by atoms with Gasteiger partial charge in [0.2, 0.25) is 0 Å². The lowest BCUT2D eigenvalue weighted by Crippen LogP contribution is -1.83. The molecule has 50 valence electrons. The van der Waals surface area contributed by atoms with Crippen LogP contribution in [0.15, 0.2) is 12.7 Å². The third kappa shape index (κ3) is 0.726. The topological polar surface area (TPSA) is 0 Å². The summed E-state index contributed by atoms with van der Waals surface area (Å²) >= 11 is 0. The fourth-order valence-electron chi connectivity index (χ4n) is 2.51. The molecule has 2 unspecified atom stereocenters. The van der Waals surface area contributed by atoms with Crippen LogP contribution < -0.4 is 0 Å². The number of hydrogen-bond acceptors (Lipinski definition) is 0. The van der Waals surface area contributed by atoms with Crippen molar-refractivity contribution in [3.8, 4) is 0 Å². The van der Waals surface area contributed by atoms with Crippen LogP contribution in [0.1, 0.15) is 25.7 Å². The van der Waals surface area contributed by atoms with E-state index in [0.717, 1.165) is 17.8 Å². The van der Waals surface area contributed by atoms with E-state index in [-0.39, 0.29) is 0 Å². The highest BCUT2D eigenvalue weighted by molar-refractivity contribution is 5.02. The summed E-state index contributed by atoms with van der Waals surface area (Å²) in [6.07, 6.45) is 7.91. The average Bonchev–Trinajstić information content (AvgIpc) is 2.39. The fourth-order valence-corrected chi connectivity index (χ4v) is 2.51. The number of fused-ring (bicyclic) bond motifs is 1. The van der Waals surface area contributed by atoms with E-state index in [1.165, 1.54) is 25.7 Å². The van der Waals surface area contributed by atoms with Gasteiger partial charge >= 0.3 is 0 Å². The molecular weight excluding hydrogens is 108 g/mol. The zero-order valence-electron chi connectivity index (χ0n) is 5.84. The van der Waals surface area contributed by atoms with E-state index in [2.05, 4.69) is 12.7 Å². The lowest BCUT2D eigenvalue weighted by atomic mass is 10.1. The van der Waals surface area contributed by atoms with Crippen molar-refractivity contribution in [1.82, 2.24) is 0 Å². The Kier molecular flexibility index (Phi) is 1.14. The summed E-state index contributed by atoms with van der Waals surface area (Å²) in [5.74, 6) is 3.32. The van der Waals surface area contributed by atoms with Crippen LogP contribution in [-0.2, 0) is 0 Å². The second kappa shape index (κ2) is 1.86. The molecule has 0 aromatic heterocycles. The summed E-state index contributed by atoms with van der Waals surface area (Å²) in [5.41, 5.74) is 0. The molecule has 0 N–H and O–H groups in total. The van der Waals surface area contributed by atoms with Crippen molar-refractivity contribution in [2.24, 2.45) is 17.8 Å². The van der Waals surface area contributed by atoms with Gasteiger partial charge < -0.3 is 0 Å². The second-order valence-electron chi connectivity index (χ2n) is 3.45. The molecule has 0 heterocycles. The van der Waals surface area contributed by atoms with Crippen molar-refractivity contribution in [2.45, 2.75) is 25.7 Å². The predicted octanol–water partition coefficient (Wildman–Crippen LogP) is 2.61. The van der Waals surface area contributed by atoms with E-state index >= 15 is 0 Å². The lowest BCUT2D eigenvalue weighted by molar-refractivity contribution is 0.595. The lowest BCUT2D eigenvalue weighted by Gasteiger charge is -1.95. The number of hydrogen-bond donors (Lipinski definition) is 0. The largest absolute Gasteiger partial charge is 0.103 e. The predicted molar refractivity (Wildman–Crippen MR) is 39.1 cm³/mol. The van der Waals surface area contributed by atoms with Crippen LogP contribution in [0.2, 0.25) is 0 Å². The second-order valence-corrected chi connectivity index (χ2v) is 3.45. The van der Waals surface area contributed by atoms with Gasteiger partial charge in [0, 0.05) is 0 Å². The highest BCUT2D eigenvalue weighted by Gasteiger charge is 2.50. The van der Waals surface area contributed by atoms with Gasteiger partial charge in [0.15, 0.2) is 0 Å². The van der Waals surface area contributed by atoms with Crippen molar-refractivity contribution in [3.63, 3.8) is 0 Å². The van der Waals surface area contributed by atoms with Crippen molar-refractivity contribution in [3.05, 3.63) is 12.7 Å². The molecular formula is C9H14. The molecule has 0 nitrogen and oxygen atoms in total. The van der Waals surface area contributed by atoms with Crippen LogP contribution in [0, 0.1) is 17.8 Å². The van der Waals surface area contributed by atoms with Gasteiger partial charge in [0.25, 0.3) is 0 Å². The van der Waals surface area contributed by atoms with Crippen molar-refractivity contribution in [2.75, 3.05) is 0 Å². The van der Waals surface area contributed by atoms with Crippen LogP contribution >= 0.6 is 0 Å². The SMILES string of the molecule is C=CCC1C2CCC[C@H]12. The van der Waals surface area contributed by atoms with Gasteiger partial charge in [-0.1, -0.05) is 12.5 Å². The van der Waals surface area contributed by atoms with Gasteiger partial charge in [0.1, 0.15) is 0 Å². The minimum atomic E-state index is 1.07. The Hall–Kier alpha value is -0.260. The fraction of sp³-hybridized carbons (Fsp3) is 0.778. The van der Waals surface area contributed by atoms with E-state index in [0.29, 0.717) is 0 Å². The van der Waals surface area contributed by atoms with Gasteiger partial charge in [-0.3, -0.25) is 0 Å². The molecule has 3 atom stereocenters. The highest BCUT2D eigenvalue weighted by Crippen LogP contribution is 2.58. The van der Waals surface area contributed by atoms with E-state index in [1.54, 1.807) is 0 Å². The Morgan fingerprint density at radius 2 is 2.00 bits per heavy atom. The summed E-state index contributed by atoms with van der Waals surface area (Å²) in [5, 5.41) is 0. The van der Waals surface area contributed by atoms with Gasteiger partial charge in [-0.15, -0.1) is 6.58 Å². The molecule has 0 aromatic rings. The Bertz CT molecular complexity index is 116. The molecule has 0 radical (unpaired) electrons. The van der Waals surface area contributed by atoms with Crippen molar-refractivity contribution < 1.29 is 0 Å². The van der Waals surface area contributed by atoms with Crippen LogP contribution in [-0.4, -0.2) is 0 Å². The molecule has 2 aliphatic carbocycles. The van der Waals surface area contributed by atoms with Crippen LogP contribution in [0.5, 0.6) is 0 Å². The Balaban J connectivity index is 1.87. The first-order chi connectivity index (χ1) is 4.43. The normalized spacial score (nSPS) is 46.4. The van der Waals surface area contributed by atoms with E-state index in [9.17, 15) is 0 Å².